The van der Waals surface area contributed by atoms with Crippen LogP contribution in [0.25, 0.3) is 0 Å². The van der Waals surface area contributed by atoms with E-state index in [0.717, 1.165) is 0 Å². The van der Waals surface area contributed by atoms with Crippen molar-refractivity contribution >= 4 is 0 Å². The van der Waals surface area contributed by atoms with Crippen LogP contribution in [0, 0.1) is 0 Å². The Morgan fingerprint density at radius 3 is 1.07 bits per heavy atom. The van der Waals surface area contributed by atoms with Gasteiger partial charge in [-0.15, -0.1) is 0 Å². The third-order valence-electron chi connectivity index (χ3n) is 5.42. The molecule has 0 saturated carbocycles. The molecule has 0 fully saturated rings. The second-order valence-electron chi connectivity index (χ2n) is 8.33. The van der Waals surface area contributed by atoms with Gasteiger partial charge in [0, 0.05) is 0 Å². The Hall–Kier alpha value is -0.781. The molecule has 0 radical (unpaired) electrons. The smallest absolute Gasteiger partial charge is 0.207 e. The van der Waals surface area contributed by atoms with Gasteiger partial charge in [-0.3, -0.25) is 0 Å². The standard InChI is InChI=1S/2C14H23.Fe/c2*1-4-7-12-10-13(8-5-2)14(11-12)9-6-3;/h2*10-11H,4-9H2,1-3H3;/q2*-1;+2. The number of rotatable bonds is 12. The van der Waals surface area contributed by atoms with E-state index in [9.17, 15) is 0 Å². The van der Waals surface area contributed by atoms with E-state index in [1.807, 2.05) is 0 Å². The summed E-state index contributed by atoms with van der Waals surface area (Å²) >= 11 is 0. The fraction of sp³-hybridized carbons (Fsp3) is 0.643. The molecule has 0 N–H and O–H groups in total. The summed E-state index contributed by atoms with van der Waals surface area (Å²) in [6, 6.07) is 9.71. The first kappa shape index (κ1) is 28.2. The van der Waals surface area contributed by atoms with E-state index in [1.165, 1.54) is 77.0 Å². The van der Waals surface area contributed by atoms with E-state index in [-0.39, 0.29) is 17.1 Å². The summed E-state index contributed by atoms with van der Waals surface area (Å²) in [6.07, 6.45) is 15.2. The van der Waals surface area contributed by atoms with Gasteiger partial charge in [-0.1, -0.05) is 119 Å². The zero-order chi connectivity index (χ0) is 20.8. The molecule has 0 bridgehead atoms. The van der Waals surface area contributed by atoms with Gasteiger partial charge < -0.3 is 0 Å². The minimum Gasteiger partial charge on any atom is -0.207 e. The molecule has 166 valence electrons. The molecule has 0 nitrogen and oxygen atoms in total. The summed E-state index contributed by atoms with van der Waals surface area (Å²) < 4.78 is 0. The van der Waals surface area contributed by atoms with Crippen LogP contribution < -0.4 is 0 Å². The van der Waals surface area contributed by atoms with Crippen molar-refractivity contribution in [3.05, 3.63) is 57.6 Å². The molecule has 0 aromatic heterocycles. The van der Waals surface area contributed by atoms with Gasteiger partial charge in [-0.25, -0.2) is 12.1 Å². The second kappa shape index (κ2) is 17.0. The molecule has 0 aliphatic carbocycles. The van der Waals surface area contributed by atoms with E-state index in [4.69, 9.17) is 0 Å². The average molecular weight is 439 g/mol. The van der Waals surface area contributed by atoms with Crippen molar-refractivity contribution in [3.8, 4) is 0 Å². The van der Waals surface area contributed by atoms with E-state index < -0.39 is 0 Å². The summed E-state index contributed by atoms with van der Waals surface area (Å²) in [5, 5.41) is 0. The molecule has 0 aliphatic rings. The zero-order valence-electron chi connectivity index (χ0n) is 20.1. The maximum absolute atomic E-state index is 2.43. The molecule has 29 heavy (non-hydrogen) atoms. The molecule has 2 aromatic rings. The molecule has 0 atom stereocenters. The number of aryl methyl sites for hydroxylation is 6. The summed E-state index contributed by atoms with van der Waals surface area (Å²) in [5.41, 5.74) is 9.55. The van der Waals surface area contributed by atoms with Gasteiger partial charge in [0.2, 0.25) is 0 Å². The molecule has 0 aliphatic heterocycles. The Balaban J connectivity index is 0.000000523. The molecule has 0 heterocycles. The van der Waals surface area contributed by atoms with Crippen LogP contribution in [0.4, 0.5) is 0 Å². The first-order chi connectivity index (χ1) is 13.6. The molecule has 1 heteroatoms. The number of hydrogen-bond acceptors (Lipinski definition) is 0. The van der Waals surface area contributed by atoms with Gasteiger partial charge in [0.05, 0.1) is 0 Å². The van der Waals surface area contributed by atoms with Crippen molar-refractivity contribution in [1.82, 2.24) is 0 Å². The molecular weight excluding hydrogens is 392 g/mol. The maximum Gasteiger partial charge on any atom is 2.00 e. The van der Waals surface area contributed by atoms with Crippen LogP contribution in [0.2, 0.25) is 0 Å². The van der Waals surface area contributed by atoms with Gasteiger partial charge in [-0.05, 0) is 0 Å². The third kappa shape index (κ3) is 10.2. The monoisotopic (exact) mass is 438 g/mol. The molecular formula is C28H46Fe. The average Bonchev–Trinajstić information content (AvgIpc) is 3.22. The van der Waals surface area contributed by atoms with Gasteiger partial charge in [0.1, 0.15) is 0 Å². The SMILES string of the molecule is CCCc1cc(CCC)c(CCC)[cH-]1.CCCc1cc(CCC)c(CCC)[cH-]1.[Fe+2]. The molecule has 0 saturated heterocycles. The van der Waals surface area contributed by atoms with Gasteiger partial charge in [0.15, 0.2) is 0 Å². The summed E-state index contributed by atoms with van der Waals surface area (Å²) in [4.78, 5) is 0. The second-order valence-corrected chi connectivity index (χ2v) is 8.33. The van der Waals surface area contributed by atoms with Crippen molar-refractivity contribution in [3.63, 3.8) is 0 Å². The van der Waals surface area contributed by atoms with Crippen LogP contribution in [0.15, 0.2) is 24.3 Å². The van der Waals surface area contributed by atoms with Crippen LogP contribution in [-0.2, 0) is 55.6 Å². The minimum absolute atomic E-state index is 0. The first-order valence-corrected chi connectivity index (χ1v) is 12.2. The van der Waals surface area contributed by atoms with Crippen LogP contribution in [-0.4, -0.2) is 0 Å². The first-order valence-electron chi connectivity index (χ1n) is 12.2. The Morgan fingerprint density at radius 2 is 0.793 bits per heavy atom. The molecule has 0 amide bonds. The van der Waals surface area contributed by atoms with E-state index >= 15 is 0 Å². The van der Waals surface area contributed by atoms with E-state index in [2.05, 4.69) is 65.8 Å². The summed E-state index contributed by atoms with van der Waals surface area (Å²) in [6.45, 7) is 13.6. The van der Waals surface area contributed by atoms with Crippen LogP contribution in [0.1, 0.15) is 113 Å². The Bertz CT molecular complexity index is 526. The summed E-state index contributed by atoms with van der Waals surface area (Å²) in [5.74, 6) is 0. The predicted octanol–water partition coefficient (Wildman–Crippen LogP) is 8.52. The molecule has 2 aromatic carbocycles. The van der Waals surface area contributed by atoms with Crippen molar-refractivity contribution in [2.24, 2.45) is 0 Å². The van der Waals surface area contributed by atoms with Gasteiger partial charge in [0.25, 0.3) is 0 Å². The fourth-order valence-electron chi connectivity index (χ4n) is 4.22. The quantitative estimate of drug-likeness (QED) is 0.230. The Morgan fingerprint density at radius 1 is 0.483 bits per heavy atom. The van der Waals surface area contributed by atoms with Crippen LogP contribution >= 0.6 is 0 Å². The molecule has 0 unspecified atom stereocenters. The predicted molar refractivity (Wildman–Crippen MR) is 128 cm³/mol. The third-order valence-corrected chi connectivity index (χ3v) is 5.42. The zero-order valence-corrected chi connectivity index (χ0v) is 21.3. The molecule has 0 spiro atoms. The van der Waals surface area contributed by atoms with Crippen molar-refractivity contribution in [2.75, 3.05) is 0 Å². The van der Waals surface area contributed by atoms with Crippen molar-refractivity contribution in [2.45, 2.75) is 119 Å². The van der Waals surface area contributed by atoms with Crippen LogP contribution in [0.3, 0.4) is 0 Å². The van der Waals surface area contributed by atoms with E-state index in [0.29, 0.717) is 0 Å². The van der Waals surface area contributed by atoms with Gasteiger partial charge in [-0.2, -0.15) is 45.5 Å². The van der Waals surface area contributed by atoms with Crippen molar-refractivity contribution < 1.29 is 17.1 Å². The summed E-state index contributed by atoms with van der Waals surface area (Å²) in [7, 11) is 0. The fourth-order valence-corrected chi connectivity index (χ4v) is 4.22. The normalized spacial score (nSPS) is 10.4. The number of hydrogen-bond donors (Lipinski definition) is 0. The van der Waals surface area contributed by atoms with E-state index in [1.54, 1.807) is 33.4 Å². The Labute approximate surface area is 193 Å². The maximum atomic E-state index is 2.43. The molecule has 2 rings (SSSR count). The Kier molecular flexibility index (Phi) is 16.5. The minimum atomic E-state index is 0. The largest absolute Gasteiger partial charge is 2.00 e. The van der Waals surface area contributed by atoms with Crippen LogP contribution in [0.5, 0.6) is 0 Å². The van der Waals surface area contributed by atoms with Gasteiger partial charge >= 0.3 is 17.1 Å². The topological polar surface area (TPSA) is 0 Å². The van der Waals surface area contributed by atoms with Crippen molar-refractivity contribution in [1.29, 1.82) is 0 Å².